The van der Waals surface area contributed by atoms with Crippen molar-refractivity contribution in [2.24, 2.45) is 0 Å². The Morgan fingerprint density at radius 3 is 2.68 bits per heavy atom. The predicted molar refractivity (Wildman–Crippen MR) is 92.8 cm³/mol. The number of benzene rings is 1. The van der Waals surface area contributed by atoms with Crippen molar-refractivity contribution in [2.75, 3.05) is 25.2 Å². The summed E-state index contributed by atoms with van der Waals surface area (Å²) in [6.07, 6.45) is 3.08. The number of amides is 1. The van der Waals surface area contributed by atoms with E-state index in [1.165, 1.54) is 19.3 Å². The highest BCUT2D eigenvalue weighted by Gasteiger charge is 2.39. The summed E-state index contributed by atoms with van der Waals surface area (Å²) in [7, 11) is -1.60. The molecule has 1 aromatic rings. The first-order valence-electron chi connectivity index (χ1n) is 7.72. The van der Waals surface area contributed by atoms with Gasteiger partial charge in [-0.05, 0) is 25.5 Å². The topological polar surface area (TPSA) is 98.8 Å². The fourth-order valence-corrected chi connectivity index (χ4v) is 4.72. The quantitative estimate of drug-likeness (QED) is 0.594. The molecule has 1 N–H and O–H groups in total. The molecule has 0 bridgehead atoms. The predicted octanol–water partition coefficient (Wildman–Crippen LogP) is 0.945. The van der Waals surface area contributed by atoms with Gasteiger partial charge in [0.15, 0.2) is 16.4 Å². The molecule has 0 saturated carbocycles. The van der Waals surface area contributed by atoms with Gasteiger partial charge in [0.25, 0.3) is 5.91 Å². The first kappa shape index (κ1) is 19.0. The van der Waals surface area contributed by atoms with Crippen LogP contribution in [0.3, 0.4) is 0 Å². The molecule has 1 aromatic carbocycles. The number of hydrogen-bond donors (Lipinski definition) is 1. The molecule has 1 atom stereocenters. The molecule has 1 fully saturated rings. The molecule has 1 heterocycles. The van der Waals surface area contributed by atoms with E-state index in [-0.39, 0.29) is 11.5 Å². The molecule has 2 rings (SSSR count). The maximum absolute atomic E-state index is 11.9. The Morgan fingerprint density at radius 2 is 2.04 bits per heavy atom. The standard InChI is InChI=1S/C17H21NO6S/c1-17(9-10-25(21,22)12-17)18-15(19)11-24-16(20)8-7-13-5-3-4-6-14(13)23-2/h3-8H,9-12H2,1-2H3,(H,18,19)/b8-7+/t17-/m0/s1. The Balaban J connectivity index is 1.83. The number of nitrogens with one attached hydrogen (secondary N) is 1. The van der Waals surface area contributed by atoms with Crippen molar-refractivity contribution in [2.45, 2.75) is 18.9 Å². The molecule has 7 nitrogen and oxygen atoms in total. The second-order valence-corrected chi connectivity index (χ2v) is 8.32. The van der Waals surface area contributed by atoms with Crippen LogP contribution in [0.1, 0.15) is 18.9 Å². The molecule has 0 radical (unpaired) electrons. The van der Waals surface area contributed by atoms with Crippen LogP contribution >= 0.6 is 0 Å². The first-order chi connectivity index (χ1) is 11.7. The minimum absolute atomic E-state index is 0.0468. The minimum Gasteiger partial charge on any atom is -0.496 e. The Hall–Kier alpha value is -2.35. The van der Waals surface area contributed by atoms with Crippen LogP contribution in [0.25, 0.3) is 6.08 Å². The molecule has 25 heavy (non-hydrogen) atoms. The van der Waals surface area contributed by atoms with E-state index < -0.39 is 33.9 Å². The number of para-hydroxylation sites is 1. The van der Waals surface area contributed by atoms with Gasteiger partial charge in [0.2, 0.25) is 0 Å². The molecule has 0 unspecified atom stereocenters. The highest BCUT2D eigenvalue weighted by molar-refractivity contribution is 7.91. The first-order valence-corrected chi connectivity index (χ1v) is 9.54. The lowest BCUT2D eigenvalue weighted by atomic mass is 10.0. The average molecular weight is 367 g/mol. The van der Waals surface area contributed by atoms with E-state index in [0.29, 0.717) is 17.7 Å². The molecule has 0 aliphatic carbocycles. The van der Waals surface area contributed by atoms with E-state index in [4.69, 9.17) is 9.47 Å². The second kappa shape index (κ2) is 7.69. The third-order valence-electron chi connectivity index (χ3n) is 3.83. The van der Waals surface area contributed by atoms with Crippen LogP contribution in [0.15, 0.2) is 30.3 Å². The van der Waals surface area contributed by atoms with Gasteiger partial charge >= 0.3 is 5.97 Å². The van der Waals surface area contributed by atoms with E-state index in [1.54, 1.807) is 25.1 Å². The number of esters is 1. The number of ether oxygens (including phenoxy) is 2. The van der Waals surface area contributed by atoms with Crippen LogP contribution in [0, 0.1) is 0 Å². The molecule has 0 spiro atoms. The van der Waals surface area contributed by atoms with Gasteiger partial charge < -0.3 is 14.8 Å². The fourth-order valence-electron chi connectivity index (χ4n) is 2.63. The maximum atomic E-state index is 11.9. The summed E-state index contributed by atoms with van der Waals surface area (Å²) < 4.78 is 33.1. The monoisotopic (exact) mass is 367 g/mol. The number of hydrogen-bond acceptors (Lipinski definition) is 6. The van der Waals surface area contributed by atoms with Gasteiger partial charge in [-0.1, -0.05) is 18.2 Å². The highest BCUT2D eigenvalue weighted by atomic mass is 32.2. The van der Waals surface area contributed by atoms with Gasteiger partial charge in [0.05, 0.1) is 24.2 Å². The van der Waals surface area contributed by atoms with E-state index in [2.05, 4.69) is 5.32 Å². The van der Waals surface area contributed by atoms with Gasteiger partial charge in [-0.2, -0.15) is 0 Å². The van der Waals surface area contributed by atoms with Gasteiger partial charge in [0, 0.05) is 11.6 Å². The smallest absolute Gasteiger partial charge is 0.331 e. The van der Waals surface area contributed by atoms with E-state index in [1.807, 2.05) is 6.07 Å². The third kappa shape index (κ3) is 5.60. The molecule has 1 aliphatic heterocycles. The van der Waals surface area contributed by atoms with Crippen LogP contribution in [0.4, 0.5) is 0 Å². The van der Waals surface area contributed by atoms with Crippen LogP contribution in [-0.4, -0.2) is 51.1 Å². The molecule has 8 heteroatoms. The van der Waals surface area contributed by atoms with Crippen molar-refractivity contribution in [1.82, 2.24) is 5.32 Å². The SMILES string of the molecule is COc1ccccc1/C=C/C(=O)OCC(=O)N[C@@]1(C)CCS(=O)(=O)C1. The third-order valence-corrected chi connectivity index (χ3v) is 5.73. The molecule has 0 aromatic heterocycles. The maximum Gasteiger partial charge on any atom is 0.331 e. The van der Waals surface area contributed by atoms with Gasteiger partial charge in [-0.3, -0.25) is 4.79 Å². The number of methoxy groups -OCH3 is 1. The Morgan fingerprint density at radius 1 is 1.32 bits per heavy atom. The lowest BCUT2D eigenvalue weighted by Crippen LogP contribution is -2.48. The van der Waals surface area contributed by atoms with E-state index >= 15 is 0 Å². The van der Waals surface area contributed by atoms with Crippen LogP contribution in [0.5, 0.6) is 5.75 Å². The number of rotatable bonds is 6. The van der Waals surface area contributed by atoms with Crippen LogP contribution in [-0.2, 0) is 24.2 Å². The van der Waals surface area contributed by atoms with Crippen molar-refractivity contribution in [3.8, 4) is 5.75 Å². The Labute approximate surface area is 146 Å². The zero-order valence-corrected chi connectivity index (χ0v) is 15.0. The van der Waals surface area contributed by atoms with Gasteiger partial charge in [0.1, 0.15) is 5.75 Å². The summed E-state index contributed by atoms with van der Waals surface area (Å²) in [5.74, 6) is -0.651. The van der Waals surface area contributed by atoms with Crippen molar-refractivity contribution in [3.05, 3.63) is 35.9 Å². The van der Waals surface area contributed by atoms with Crippen LogP contribution < -0.4 is 10.1 Å². The summed E-state index contributed by atoms with van der Waals surface area (Å²) >= 11 is 0. The zero-order valence-electron chi connectivity index (χ0n) is 14.2. The summed E-state index contributed by atoms with van der Waals surface area (Å²) in [6.45, 7) is 1.20. The van der Waals surface area contributed by atoms with Gasteiger partial charge in [-0.25, -0.2) is 13.2 Å². The molecule has 1 saturated heterocycles. The molecule has 136 valence electrons. The Kier molecular flexibility index (Phi) is 5.84. The molecule has 1 aliphatic rings. The van der Waals surface area contributed by atoms with Crippen molar-refractivity contribution >= 4 is 27.8 Å². The van der Waals surface area contributed by atoms with Crippen molar-refractivity contribution in [1.29, 1.82) is 0 Å². The average Bonchev–Trinajstić information content (AvgIpc) is 2.84. The van der Waals surface area contributed by atoms with Crippen molar-refractivity contribution < 1.29 is 27.5 Å². The molecule has 1 amide bonds. The molecular weight excluding hydrogens is 346 g/mol. The van der Waals surface area contributed by atoms with Crippen molar-refractivity contribution in [3.63, 3.8) is 0 Å². The molecular formula is C17H21NO6S. The minimum atomic E-state index is -3.12. The largest absolute Gasteiger partial charge is 0.496 e. The lowest BCUT2D eigenvalue weighted by molar-refractivity contribution is -0.144. The number of carbonyl (C=O) groups excluding carboxylic acids is 2. The summed E-state index contributed by atoms with van der Waals surface area (Å²) in [4.78, 5) is 23.6. The lowest BCUT2D eigenvalue weighted by Gasteiger charge is -2.23. The normalized spacial score (nSPS) is 21.8. The van der Waals surface area contributed by atoms with E-state index in [0.717, 1.165) is 0 Å². The van der Waals surface area contributed by atoms with Gasteiger partial charge in [-0.15, -0.1) is 0 Å². The van der Waals surface area contributed by atoms with E-state index in [9.17, 15) is 18.0 Å². The number of sulfone groups is 1. The summed E-state index contributed by atoms with van der Waals surface area (Å²) in [6, 6.07) is 7.14. The van der Waals surface area contributed by atoms with Crippen LogP contribution in [0.2, 0.25) is 0 Å². The Bertz CT molecular complexity index is 786. The fraction of sp³-hybridized carbons (Fsp3) is 0.412. The second-order valence-electron chi connectivity index (χ2n) is 6.13. The summed E-state index contributed by atoms with van der Waals surface area (Å²) in [5.41, 5.74) is -0.106. The summed E-state index contributed by atoms with van der Waals surface area (Å²) in [5, 5.41) is 2.62. The zero-order chi connectivity index (χ0) is 18.5. The highest BCUT2D eigenvalue weighted by Crippen LogP contribution is 2.22. The number of carbonyl (C=O) groups is 2.